The Kier molecular flexibility index (Phi) is 11.7. The molecule has 0 spiro atoms. The molecule has 2 saturated heterocycles. The van der Waals surface area contributed by atoms with Crippen LogP contribution in [0.4, 0.5) is 4.79 Å². The first kappa shape index (κ1) is 34.4. The van der Waals surface area contributed by atoms with E-state index in [4.69, 9.17) is 9.47 Å². The van der Waals surface area contributed by atoms with Gasteiger partial charge in [0.2, 0.25) is 5.91 Å². The number of para-hydroxylation sites is 1. The molecule has 2 fully saturated rings. The minimum absolute atomic E-state index is 0.0745. The van der Waals surface area contributed by atoms with Crippen molar-refractivity contribution in [1.29, 1.82) is 0 Å². The third-order valence-corrected chi connectivity index (χ3v) is 8.78. The van der Waals surface area contributed by atoms with Crippen molar-refractivity contribution in [2.24, 2.45) is 17.3 Å². The molecule has 1 unspecified atom stereocenters. The SMILES string of the molecule is COCCCCc1c(C(=O)N(CC(C)C)[C@H]2C[C@@H](C(=O)N3CCOCC3)CN(C(=O)O)C2C(C)(C)C)cnn1-c1ccccc1. The lowest BCUT2D eigenvalue weighted by Gasteiger charge is -2.52. The fraction of sp³-hybridized carbons (Fsp3) is 0.647. The number of rotatable bonds is 11. The molecule has 11 nitrogen and oxygen atoms in total. The third kappa shape index (κ3) is 8.24. The third-order valence-electron chi connectivity index (χ3n) is 8.78. The minimum atomic E-state index is -1.08. The first-order valence-electron chi connectivity index (χ1n) is 16.2. The van der Waals surface area contributed by atoms with Crippen LogP contribution in [0.15, 0.2) is 36.5 Å². The predicted octanol–water partition coefficient (Wildman–Crippen LogP) is 4.58. The summed E-state index contributed by atoms with van der Waals surface area (Å²) in [6.07, 6.45) is 3.24. The number of hydrogen-bond donors (Lipinski definition) is 1. The Morgan fingerprint density at radius 3 is 2.40 bits per heavy atom. The largest absolute Gasteiger partial charge is 0.465 e. The summed E-state index contributed by atoms with van der Waals surface area (Å²) < 4.78 is 12.6. The molecule has 11 heteroatoms. The lowest BCUT2D eigenvalue weighted by molar-refractivity contribution is -0.144. The highest BCUT2D eigenvalue weighted by Crippen LogP contribution is 2.39. The van der Waals surface area contributed by atoms with Crippen LogP contribution < -0.4 is 0 Å². The zero-order chi connectivity index (χ0) is 32.7. The smallest absolute Gasteiger partial charge is 0.407 e. The molecule has 3 heterocycles. The number of piperidine rings is 1. The van der Waals surface area contributed by atoms with Crippen molar-refractivity contribution in [2.75, 3.05) is 53.1 Å². The molecule has 3 atom stereocenters. The molecule has 0 radical (unpaired) electrons. The number of carbonyl (C=O) groups is 3. The average Bonchev–Trinajstić information content (AvgIpc) is 3.44. The number of aromatic nitrogens is 2. The Labute approximate surface area is 267 Å². The lowest BCUT2D eigenvalue weighted by Crippen LogP contribution is -2.66. The molecule has 3 amide bonds. The summed E-state index contributed by atoms with van der Waals surface area (Å²) in [6.45, 7) is 13.2. The van der Waals surface area contributed by atoms with Crippen LogP contribution in [-0.4, -0.2) is 113 Å². The standard InChI is InChI=1S/C34H51N5O6/c1-24(2)22-37(32(41)27-21-35-39(26-12-8-7-9-13-26)28(27)14-10-11-17-44-6)29-20-25(31(40)36-15-18-45-19-16-36)23-38(33(42)43)30(29)34(3,4)5/h7-9,12-13,21,24-25,29-30H,10-11,14-20,22-23H2,1-6H3,(H,42,43)/t25-,29+,30?/m1/s1. The number of carbonyl (C=O) groups excluding carboxylic acids is 2. The summed E-state index contributed by atoms with van der Waals surface area (Å²) in [4.78, 5) is 46.5. The van der Waals surface area contributed by atoms with Crippen LogP contribution in [0.1, 0.15) is 69.9 Å². The van der Waals surface area contributed by atoms with Crippen molar-refractivity contribution in [2.45, 2.75) is 72.4 Å². The number of morpholine rings is 1. The van der Waals surface area contributed by atoms with Crippen molar-refractivity contribution in [3.8, 4) is 5.69 Å². The molecule has 1 N–H and O–H groups in total. The van der Waals surface area contributed by atoms with E-state index >= 15 is 0 Å². The number of methoxy groups -OCH3 is 1. The highest BCUT2D eigenvalue weighted by molar-refractivity contribution is 5.96. The van der Waals surface area contributed by atoms with E-state index in [1.807, 2.05) is 60.7 Å². The number of hydrogen-bond acceptors (Lipinski definition) is 6. The van der Waals surface area contributed by atoms with Gasteiger partial charge in [0, 0.05) is 39.9 Å². The summed E-state index contributed by atoms with van der Waals surface area (Å²) in [6, 6.07) is 8.74. The molecule has 0 aliphatic carbocycles. The lowest BCUT2D eigenvalue weighted by atomic mass is 9.74. The number of benzene rings is 1. The van der Waals surface area contributed by atoms with E-state index in [0.717, 1.165) is 24.2 Å². The van der Waals surface area contributed by atoms with Crippen molar-refractivity contribution in [3.05, 3.63) is 47.8 Å². The van der Waals surface area contributed by atoms with Gasteiger partial charge < -0.3 is 29.3 Å². The highest BCUT2D eigenvalue weighted by atomic mass is 16.5. The monoisotopic (exact) mass is 625 g/mol. The molecule has 2 aliphatic heterocycles. The van der Waals surface area contributed by atoms with Crippen LogP contribution in [0, 0.1) is 17.3 Å². The van der Waals surface area contributed by atoms with E-state index in [2.05, 4.69) is 18.9 Å². The Morgan fingerprint density at radius 1 is 1.11 bits per heavy atom. The molecule has 248 valence electrons. The number of ether oxygens (including phenoxy) is 2. The van der Waals surface area contributed by atoms with E-state index in [9.17, 15) is 19.5 Å². The van der Waals surface area contributed by atoms with Gasteiger partial charge in [-0.1, -0.05) is 52.8 Å². The molecule has 2 aliphatic rings. The van der Waals surface area contributed by atoms with Gasteiger partial charge in [0.1, 0.15) is 0 Å². The second kappa shape index (κ2) is 15.2. The molecule has 1 aromatic heterocycles. The Bertz CT molecular complexity index is 1280. The van der Waals surface area contributed by atoms with Gasteiger partial charge in [-0.15, -0.1) is 0 Å². The van der Waals surface area contributed by atoms with E-state index in [1.54, 1.807) is 18.2 Å². The van der Waals surface area contributed by atoms with Crippen LogP contribution in [0.25, 0.3) is 5.69 Å². The van der Waals surface area contributed by atoms with E-state index in [0.29, 0.717) is 57.9 Å². The van der Waals surface area contributed by atoms with Gasteiger partial charge in [0.15, 0.2) is 0 Å². The minimum Gasteiger partial charge on any atom is -0.465 e. The zero-order valence-electron chi connectivity index (χ0n) is 27.8. The topological polar surface area (TPSA) is 117 Å². The number of carboxylic acid groups (broad SMARTS) is 1. The maximum Gasteiger partial charge on any atom is 0.407 e. The fourth-order valence-electron chi connectivity index (χ4n) is 6.85. The Morgan fingerprint density at radius 2 is 1.80 bits per heavy atom. The summed E-state index contributed by atoms with van der Waals surface area (Å²) in [5.41, 5.74) is 1.69. The van der Waals surface area contributed by atoms with Crippen molar-refractivity contribution < 1.29 is 29.0 Å². The van der Waals surface area contributed by atoms with Crippen LogP contribution in [0.5, 0.6) is 0 Å². The quantitative estimate of drug-likeness (QED) is 0.363. The first-order valence-corrected chi connectivity index (χ1v) is 16.2. The molecule has 4 rings (SSSR count). The van der Waals surface area contributed by atoms with Crippen LogP contribution in [0.2, 0.25) is 0 Å². The average molecular weight is 626 g/mol. The number of unbranched alkanes of at least 4 members (excludes halogenated alkanes) is 1. The fourth-order valence-corrected chi connectivity index (χ4v) is 6.85. The van der Waals surface area contributed by atoms with Crippen LogP contribution >= 0.6 is 0 Å². The molecular weight excluding hydrogens is 574 g/mol. The molecule has 2 aromatic rings. The van der Waals surface area contributed by atoms with E-state index in [-0.39, 0.29) is 24.3 Å². The molecule has 45 heavy (non-hydrogen) atoms. The second-order valence-corrected chi connectivity index (χ2v) is 13.7. The maximum atomic E-state index is 14.8. The Balaban J connectivity index is 1.78. The van der Waals surface area contributed by atoms with E-state index < -0.39 is 29.5 Å². The normalized spacial score (nSPS) is 20.8. The van der Waals surface area contributed by atoms with Crippen molar-refractivity contribution >= 4 is 17.9 Å². The van der Waals surface area contributed by atoms with Crippen LogP contribution in [-0.2, 0) is 20.7 Å². The maximum absolute atomic E-state index is 14.8. The molecule has 1 aromatic carbocycles. The summed E-state index contributed by atoms with van der Waals surface area (Å²) in [5, 5.41) is 15.2. The molecule has 0 saturated carbocycles. The second-order valence-electron chi connectivity index (χ2n) is 13.7. The van der Waals surface area contributed by atoms with Gasteiger partial charge in [0.25, 0.3) is 5.91 Å². The summed E-state index contributed by atoms with van der Waals surface area (Å²) >= 11 is 0. The first-order chi connectivity index (χ1) is 21.4. The number of amides is 3. The summed E-state index contributed by atoms with van der Waals surface area (Å²) in [7, 11) is 1.68. The van der Waals surface area contributed by atoms with E-state index in [1.165, 1.54) is 4.90 Å². The van der Waals surface area contributed by atoms with Gasteiger partial charge in [-0.2, -0.15) is 5.10 Å². The predicted molar refractivity (Wildman–Crippen MR) is 172 cm³/mol. The number of nitrogens with zero attached hydrogens (tertiary/aromatic N) is 5. The van der Waals surface area contributed by atoms with Gasteiger partial charge in [0.05, 0.1) is 54.4 Å². The van der Waals surface area contributed by atoms with Crippen LogP contribution in [0.3, 0.4) is 0 Å². The molecule has 0 bridgehead atoms. The summed E-state index contributed by atoms with van der Waals surface area (Å²) in [5.74, 6) is -0.713. The molecular formula is C34H51N5O6. The van der Waals surface area contributed by atoms with Gasteiger partial charge in [-0.3, -0.25) is 9.59 Å². The van der Waals surface area contributed by atoms with Gasteiger partial charge >= 0.3 is 6.09 Å². The van der Waals surface area contributed by atoms with Crippen molar-refractivity contribution in [1.82, 2.24) is 24.5 Å². The highest BCUT2D eigenvalue weighted by Gasteiger charge is 2.50. The Hall–Kier alpha value is -3.44. The number of likely N-dealkylation sites (tertiary alicyclic amines) is 1. The van der Waals surface area contributed by atoms with Crippen molar-refractivity contribution in [3.63, 3.8) is 0 Å². The van der Waals surface area contributed by atoms with Gasteiger partial charge in [-0.25, -0.2) is 9.48 Å². The zero-order valence-corrected chi connectivity index (χ0v) is 27.8. The van der Waals surface area contributed by atoms with Gasteiger partial charge in [-0.05, 0) is 49.1 Å².